The van der Waals surface area contributed by atoms with Gasteiger partial charge in [0.1, 0.15) is 0 Å². The van der Waals surface area contributed by atoms with E-state index in [-0.39, 0.29) is 17.7 Å². The standard InChI is InChI=1S/C14H17F3N2O/c15-14(16,17)11-5-9(2-3-12(11)18)19-6-8-1-4-13(20)10(8)7-19/h2-3,5,8,10,13,20H,1,4,6-7,18H2. The SMILES string of the molecule is Nc1ccc(N2CC3CCC(O)C3C2)cc1C(F)(F)F. The van der Waals surface area contributed by atoms with Crippen LogP contribution in [0.2, 0.25) is 0 Å². The molecule has 6 heteroatoms. The fraction of sp³-hybridized carbons (Fsp3) is 0.571. The van der Waals surface area contributed by atoms with Gasteiger partial charge < -0.3 is 15.7 Å². The molecule has 3 rings (SSSR count). The number of hydrogen-bond acceptors (Lipinski definition) is 3. The van der Waals surface area contributed by atoms with E-state index in [4.69, 9.17) is 5.73 Å². The number of benzene rings is 1. The van der Waals surface area contributed by atoms with Crippen LogP contribution in [0.5, 0.6) is 0 Å². The van der Waals surface area contributed by atoms with E-state index in [9.17, 15) is 18.3 Å². The van der Waals surface area contributed by atoms with Crippen molar-refractivity contribution in [2.75, 3.05) is 23.7 Å². The van der Waals surface area contributed by atoms with Gasteiger partial charge in [-0.2, -0.15) is 13.2 Å². The molecule has 1 saturated carbocycles. The number of nitrogens with zero attached hydrogens (tertiary/aromatic N) is 1. The summed E-state index contributed by atoms with van der Waals surface area (Å²) in [6, 6.07) is 4.05. The predicted molar refractivity (Wildman–Crippen MR) is 70.3 cm³/mol. The molecule has 0 aromatic heterocycles. The average molecular weight is 286 g/mol. The van der Waals surface area contributed by atoms with Crippen molar-refractivity contribution in [3.8, 4) is 0 Å². The maximum atomic E-state index is 12.9. The highest BCUT2D eigenvalue weighted by Gasteiger charge is 2.42. The average Bonchev–Trinajstić information content (AvgIpc) is 2.91. The molecular weight excluding hydrogens is 269 g/mol. The summed E-state index contributed by atoms with van der Waals surface area (Å²) >= 11 is 0. The lowest BCUT2D eigenvalue weighted by atomic mass is 10.00. The number of fused-ring (bicyclic) bond motifs is 1. The molecule has 0 amide bonds. The molecule has 0 bridgehead atoms. The fourth-order valence-electron chi connectivity index (χ4n) is 3.43. The third-order valence-corrected chi connectivity index (χ3v) is 4.53. The second-order valence-corrected chi connectivity index (χ2v) is 5.74. The zero-order valence-corrected chi connectivity index (χ0v) is 10.9. The molecule has 1 saturated heterocycles. The highest BCUT2D eigenvalue weighted by Crippen LogP contribution is 2.42. The molecule has 3 atom stereocenters. The molecule has 1 aromatic carbocycles. The molecule has 2 fully saturated rings. The van der Waals surface area contributed by atoms with Crippen LogP contribution in [0.25, 0.3) is 0 Å². The van der Waals surface area contributed by atoms with Gasteiger partial charge in [-0.15, -0.1) is 0 Å². The van der Waals surface area contributed by atoms with Gasteiger partial charge in [0.2, 0.25) is 0 Å². The van der Waals surface area contributed by atoms with Crippen molar-refractivity contribution >= 4 is 11.4 Å². The molecule has 0 radical (unpaired) electrons. The monoisotopic (exact) mass is 286 g/mol. The Bertz CT molecular complexity index is 518. The Labute approximate surface area is 115 Å². The van der Waals surface area contributed by atoms with Crippen LogP contribution < -0.4 is 10.6 Å². The van der Waals surface area contributed by atoms with Gasteiger partial charge in [0.15, 0.2) is 0 Å². The second-order valence-electron chi connectivity index (χ2n) is 5.74. The minimum Gasteiger partial charge on any atom is -0.398 e. The molecule has 3 nitrogen and oxygen atoms in total. The van der Waals surface area contributed by atoms with Crippen LogP contribution in [0, 0.1) is 11.8 Å². The minimum atomic E-state index is -4.44. The molecular formula is C14H17F3N2O. The van der Waals surface area contributed by atoms with E-state index in [0.717, 1.165) is 18.9 Å². The summed E-state index contributed by atoms with van der Waals surface area (Å²) in [4.78, 5) is 1.92. The number of rotatable bonds is 1. The van der Waals surface area contributed by atoms with Crippen LogP contribution in [0.3, 0.4) is 0 Å². The van der Waals surface area contributed by atoms with E-state index in [1.54, 1.807) is 6.07 Å². The van der Waals surface area contributed by atoms with Crippen molar-refractivity contribution in [3.63, 3.8) is 0 Å². The number of anilines is 2. The molecule has 0 spiro atoms. The number of aliphatic hydroxyl groups excluding tert-OH is 1. The Morgan fingerprint density at radius 1 is 1.20 bits per heavy atom. The van der Waals surface area contributed by atoms with Gasteiger partial charge in [-0.25, -0.2) is 0 Å². The van der Waals surface area contributed by atoms with E-state index in [1.807, 2.05) is 4.90 Å². The highest BCUT2D eigenvalue weighted by atomic mass is 19.4. The van der Waals surface area contributed by atoms with Crippen molar-refractivity contribution in [2.45, 2.75) is 25.1 Å². The van der Waals surface area contributed by atoms with Crippen molar-refractivity contribution in [3.05, 3.63) is 23.8 Å². The van der Waals surface area contributed by atoms with Gasteiger partial charge in [0, 0.05) is 30.4 Å². The zero-order valence-electron chi connectivity index (χ0n) is 10.9. The van der Waals surface area contributed by atoms with Gasteiger partial charge in [-0.1, -0.05) is 0 Å². The molecule has 1 aromatic rings. The molecule has 2 aliphatic rings. The summed E-state index contributed by atoms with van der Waals surface area (Å²) in [5.41, 5.74) is 4.91. The van der Waals surface area contributed by atoms with Crippen LogP contribution in [0.1, 0.15) is 18.4 Å². The van der Waals surface area contributed by atoms with Gasteiger partial charge >= 0.3 is 6.18 Å². The summed E-state index contributed by atoms with van der Waals surface area (Å²) in [5, 5.41) is 9.87. The fourth-order valence-corrected chi connectivity index (χ4v) is 3.43. The van der Waals surface area contributed by atoms with Crippen LogP contribution in [0.4, 0.5) is 24.5 Å². The smallest absolute Gasteiger partial charge is 0.398 e. The van der Waals surface area contributed by atoms with Crippen LogP contribution >= 0.6 is 0 Å². The first-order valence-electron chi connectivity index (χ1n) is 6.76. The molecule has 3 N–H and O–H groups in total. The summed E-state index contributed by atoms with van der Waals surface area (Å²) in [6.07, 6.45) is -3.00. The van der Waals surface area contributed by atoms with Gasteiger partial charge in [0.05, 0.1) is 11.7 Å². The van der Waals surface area contributed by atoms with Crippen molar-refractivity contribution < 1.29 is 18.3 Å². The predicted octanol–water partition coefficient (Wildman–Crippen LogP) is 2.49. The second kappa shape index (κ2) is 4.55. The lowest BCUT2D eigenvalue weighted by Gasteiger charge is -2.22. The van der Waals surface area contributed by atoms with Gasteiger partial charge in [-0.05, 0) is 37.0 Å². The largest absolute Gasteiger partial charge is 0.418 e. The number of nitrogen functional groups attached to an aromatic ring is 1. The molecule has 110 valence electrons. The lowest BCUT2D eigenvalue weighted by molar-refractivity contribution is -0.136. The zero-order chi connectivity index (χ0) is 14.5. The first-order chi connectivity index (χ1) is 9.36. The number of aliphatic hydroxyl groups is 1. The molecule has 20 heavy (non-hydrogen) atoms. The van der Waals surface area contributed by atoms with E-state index in [1.165, 1.54) is 6.07 Å². The Balaban J connectivity index is 1.85. The summed E-state index contributed by atoms with van der Waals surface area (Å²) < 4.78 is 38.6. The number of nitrogens with two attached hydrogens (primary N) is 1. The minimum absolute atomic E-state index is 0.182. The summed E-state index contributed by atoms with van der Waals surface area (Å²) in [6.45, 7) is 1.33. The van der Waals surface area contributed by atoms with Crippen LogP contribution in [0.15, 0.2) is 18.2 Å². The van der Waals surface area contributed by atoms with E-state index < -0.39 is 11.7 Å². The Kier molecular flexibility index (Phi) is 3.08. The van der Waals surface area contributed by atoms with Gasteiger partial charge in [0.25, 0.3) is 0 Å². The van der Waals surface area contributed by atoms with Crippen LogP contribution in [-0.2, 0) is 6.18 Å². The van der Waals surface area contributed by atoms with Crippen molar-refractivity contribution in [1.82, 2.24) is 0 Å². The summed E-state index contributed by atoms with van der Waals surface area (Å²) in [7, 11) is 0. The normalized spacial score (nSPS) is 29.8. The van der Waals surface area contributed by atoms with Gasteiger partial charge in [-0.3, -0.25) is 0 Å². The maximum absolute atomic E-state index is 12.9. The third kappa shape index (κ3) is 2.22. The van der Waals surface area contributed by atoms with Crippen molar-refractivity contribution in [1.29, 1.82) is 0 Å². The van der Waals surface area contributed by atoms with Crippen LogP contribution in [-0.4, -0.2) is 24.3 Å². The number of alkyl halides is 3. The topological polar surface area (TPSA) is 49.5 Å². The highest BCUT2D eigenvalue weighted by molar-refractivity contribution is 5.60. The van der Waals surface area contributed by atoms with Crippen molar-refractivity contribution in [2.24, 2.45) is 11.8 Å². The van der Waals surface area contributed by atoms with E-state index in [2.05, 4.69) is 0 Å². The maximum Gasteiger partial charge on any atom is 0.418 e. The van der Waals surface area contributed by atoms with E-state index in [0.29, 0.717) is 24.7 Å². The number of hydrogen-bond donors (Lipinski definition) is 2. The number of halogens is 3. The lowest BCUT2D eigenvalue weighted by Crippen LogP contribution is -2.24. The first kappa shape index (κ1) is 13.5. The molecule has 3 unspecified atom stereocenters. The first-order valence-corrected chi connectivity index (χ1v) is 6.76. The molecule has 1 heterocycles. The third-order valence-electron chi connectivity index (χ3n) is 4.53. The Morgan fingerprint density at radius 3 is 2.60 bits per heavy atom. The van der Waals surface area contributed by atoms with E-state index >= 15 is 0 Å². The Hall–Kier alpha value is -1.43. The summed E-state index contributed by atoms with van der Waals surface area (Å²) in [5.74, 6) is 0.568. The molecule has 1 aliphatic heterocycles. The Morgan fingerprint density at radius 2 is 1.95 bits per heavy atom. The molecule has 1 aliphatic carbocycles. The quantitative estimate of drug-likeness (QED) is 0.780.